The molecule has 0 amide bonds. The van der Waals surface area contributed by atoms with Crippen molar-refractivity contribution in [3.05, 3.63) is 59.3 Å². The summed E-state index contributed by atoms with van der Waals surface area (Å²) in [6.07, 6.45) is 7.45. The van der Waals surface area contributed by atoms with Gasteiger partial charge in [0.25, 0.3) is 0 Å². The maximum Gasteiger partial charge on any atom is 0.231 e. The maximum absolute atomic E-state index is 9.73. The molecular formula is C22H16N2O2. The molecule has 0 fully saturated rings. The van der Waals surface area contributed by atoms with E-state index < -0.39 is 0 Å². The Labute approximate surface area is 151 Å². The van der Waals surface area contributed by atoms with Crippen LogP contribution in [0.2, 0.25) is 0 Å². The Hall–Kier alpha value is -3.63. The van der Waals surface area contributed by atoms with Crippen LogP contribution in [0, 0.1) is 30.6 Å². The van der Waals surface area contributed by atoms with Gasteiger partial charge in [-0.3, -0.25) is 0 Å². The van der Waals surface area contributed by atoms with Gasteiger partial charge in [0, 0.05) is 22.2 Å². The molecule has 2 aromatic carbocycles. The van der Waals surface area contributed by atoms with Crippen LogP contribution >= 0.6 is 0 Å². The molecular weight excluding hydrogens is 324 g/mol. The number of fused-ring (bicyclic) bond motifs is 2. The maximum atomic E-state index is 9.73. The summed E-state index contributed by atoms with van der Waals surface area (Å²) in [6, 6.07) is 15.9. The molecule has 0 unspecified atom stereocenters. The van der Waals surface area contributed by atoms with E-state index in [9.17, 15) is 5.26 Å². The smallest absolute Gasteiger partial charge is 0.231 e. The molecule has 0 spiro atoms. The average molecular weight is 340 g/mol. The number of hydrogen-bond donors (Lipinski definition) is 0. The van der Waals surface area contributed by atoms with Crippen LogP contribution in [0.1, 0.15) is 16.8 Å². The lowest BCUT2D eigenvalue weighted by Gasteiger charge is -2.04. The van der Waals surface area contributed by atoms with E-state index in [-0.39, 0.29) is 6.79 Å². The van der Waals surface area contributed by atoms with Gasteiger partial charge in [-0.05, 0) is 42.8 Å². The van der Waals surface area contributed by atoms with Crippen LogP contribution in [0.15, 0.2) is 42.5 Å². The topological polar surface area (TPSA) is 47.2 Å². The number of rotatable bonds is 3. The first kappa shape index (κ1) is 15.9. The Bertz CT molecular complexity index is 1120. The van der Waals surface area contributed by atoms with Gasteiger partial charge in [0.2, 0.25) is 6.79 Å². The van der Waals surface area contributed by atoms with Gasteiger partial charge < -0.3 is 14.0 Å². The van der Waals surface area contributed by atoms with Gasteiger partial charge in [-0.2, -0.15) is 5.26 Å². The Morgan fingerprint density at radius 2 is 2.04 bits per heavy atom. The molecule has 4 nitrogen and oxygen atoms in total. The molecule has 0 N–H and O–H groups in total. The zero-order valence-electron chi connectivity index (χ0n) is 14.3. The summed E-state index contributed by atoms with van der Waals surface area (Å²) in [4.78, 5) is 0. The van der Waals surface area contributed by atoms with Crippen LogP contribution in [0.3, 0.4) is 0 Å². The lowest BCUT2D eigenvalue weighted by Crippen LogP contribution is -1.97. The van der Waals surface area contributed by atoms with E-state index in [0.717, 1.165) is 27.7 Å². The number of nitriles is 1. The van der Waals surface area contributed by atoms with Crippen LogP contribution in [-0.4, -0.2) is 11.4 Å². The lowest BCUT2D eigenvalue weighted by atomic mass is 10.0. The van der Waals surface area contributed by atoms with Gasteiger partial charge in [0.1, 0.15) is 0 Å². The Kier molecular flexibility index (Phi) is 3.88. The quantitative estimate of drug-likeness (QED) is 0.525. The molecule has 2 heterocycles. The lowest BCUT2D eigenvalue weighted by molar-refractivity contribution is 0.174. The van der Waals surface area contributed by atoms with Crippen molar-refractivity contribution in [2.75, 3.05) is 6.79 Å². The highest BCUT2D eigenvalue weighted by Crippen LogP contribution is 2.36. The van der Waals surface area contributed by atoms with Crippen molar-refractivity contribution >= 4 is 22.6 Å². The van der Waals surface area contributed by atoms with Crippen molar-refractivity contribution in [2.45, 2.75) is 13.5 Å². The summed E-state index contributed by atoms with van der Waals surface area (Å²) in [5.41, 5.74) is 4.47. The Morgan fingerprint density at radius 1 is 1.23 bits per heavy atom. The van der Waals surface area contributed by atoms with Crippen molar-refractivity contribution in [2.24, 2.45) is 0 Å². The second kappa shape index (κ2) is 6.35. The molecule has 4 rings (SSSR count). The minimum Gasteiger partial charge on any atom is -0.454 e. The third kappa shape index (κ3) is 2.49. The summed E-state index contributed by atoms with van der Waals surface area (Å²) in [6.45, 7) is 2.73. The van der Waals surface area contributed by atoms with Gasteiger partial charge in [0.05, 0.1) is 18.2 Å². The summed E-state index contributed by atoms with van der Waals surface area (Å²) >= 11 is 0. The van der Waals surface area contributed by atoms with Crippen molar-refractivity contribution in [1.29, 1.82) is 5.26 Å². The predicted molar refractivity (Wildman–Crippen MR) is 102 cm³/mol. The van der Waals surface area contributed by atoms with E-state index in [0.29, 0.717) is 23.6 Å². The second-order valence-corrected chi connectivity index (χ2v) is 6.04. The number of nitrogens with zero attached hydrogens (tertiary/aromatic N) is 2. The first-order chi connectivity index (χ1) is 12.7. The average Bonchev–Trinajstić information content (AvgIpc) is 3.23. The third-order valence-corrected chi connectivity index (χ3v) is 4.62. The highest BCUT2D eigenvalue weighted by molar-refractivity contribution is 5.99. The molecule has 4 heteroatoms. The van der Waals surface area contributed by atoms with Crippen LogP contribution in [0.4, 0.5) is 0 Å². The van der Waals surface area contributed by atoms with E-state index in [1.807, 2.05) is 49.4 Å². The number of allylic oxidation sites excluding steroid dienone is 1. The second-order valence-electron chi connectivity index (χ2n) is 6.04. The predicted octanol–water partition coefficient (Wildman–Crippen LogP) is 4.38. The van der Waals surface area contributed by atoms with Crippen molar-refractivity contribution < 1.29 is 9.47 Å². The van der Waals surface area contributed by atoms with E-state index in [2.05, 4.69) is 22.6 Å². The molecule has 0 atom stereocenters. The minimum atomic E-state index is 0.211. The molecule has 0 aliphatic carbocycles. The van der Waals surface area contributed by atoms with Crippen molar-refractivity contribution in [3.8, 4) is 29.9 Å². The number of benzene rings is 2. The minimum absolute atomic E-state index is 0.211. The molecule has 1 aliphatic heterocycles. The number of para-hydroxylation sites is 1. The van der Waals surface area contributed by atoms with Gasteiger partial charge in [0.15, 0.2) is 11.5 Å². The molecule has 0 bridgehead atoms. The molecule has 126 valence electrons. The van der Waals surface area contributed by atoms with E-state index in [4.69, 9.17) is 15.9 Å². The number of hydrogen-bond acceptors (Lipinski definition) is 3. The molecule has 0 radical (unpaired) electrons. The highest BCUT2D eigenvalue weighted by Gasteiger charge is 2.16. The van der Waals surface area contributed by atoms with E-state index in [1.165, 1.54) is 0 Å². The fraction of sp³-hybridized carbons (Fsp3) is 0.136. The molecule has 26 heavy (non-hydrogen) atoms. The molecule has 0 saturated carbocycles. The van der Waals surface area contributed by atoms with Crippen LogP contribution in [0.5, 0.6) is 11.5 Å². The summed E-state index contributed by atoms with van der Waals surface area (Å²) in [5.74, 6) is 4.07. The fourth-order valence-electron chi connectivity index (χ4n) is 3.32. The first-order valence-electron chi connectivity index (χ1n) is 8.26. The fourth-order valence-corrected chi connectivity index (χ4v) is 3.32. The number of terminal acetylenes is 1. The zero-order chi connectivity index (χ0) is 18.1. The monoisotopic (exact) mass is 340 g/mol. The van der Waals surface area contributed by atoms with Gasteiger partial charge in [-0.1, -0.05) is 24.1 Å². The van der Waals surface area contributed by atoms with E-state index in [1.54, 1.807) is 0 Å². The number of aromatic nitrogens is 1. The van der Waals surface area contributed by atoms with Crippen molar-refractivity contribution in [3.63, 3.8) is 0 Å². The SMILES string of the molecule is C#CCn1c(C)c(/C=C(\C#N)c2ccc3c(c2)OCO3)c2ccccc21. The molecule has 1 aromatic heterocycles. The zero-order valence-corrected chi connectivity index (χ0v) is 14.3. The largest absolute Gasteiger partial charge is 0.454 e. The van der Waals surface area contributed by atoms with Crippen LogP contribution in [-0.2, 0) is 6.54 Å². The first-order valence-corrected chi connectivity index (χ1v) is 8.26. The van der Waals surface area contributed by atoms with Crippen LogP contribution in [0.25, 0.3) is 22.6 Å². The summed E-state index contributed by atoms with van der Waals surface area (Å²) in [5, 5.41) is 10.8. The third-order valence-electron chi connectivity index (χ3n) is 4.62. The molecule has 0 saturated heterocycles. The Morgan fingerprint density at radius 3 is 2.85 bits per heavy atom. The standard InChI is InChI=1S/C22H16N2O2/c1-3-10-24-15(2)19(18-6-4-5-7-20(18)24)11-17(13-23)16-8-9-21-22(12-16)26-14-25-21/h1,4-9,11-12H,10,14H2,2H3/b17-11+. The van der Waals surface area contributed by atoms with E-state index >= 15 is 0 Å². The summed E-state index contributed by atoms with van der Waals surface area (Å²) in [7, 11) is 0. The summed E-state index contributed by atoms with van der Waals surface area (Å²) < 4.78 is 12.9. The Balaban J connectivity index is 1.88. The normalized spacial score (nSPS) is 12.8. The number of ether oxygens (including phenoxy) is 2. The molecule has 1 aliphatic rings. The van der Waals surface area contributed by atoms with Gasteiger partial charge >= 0.3 is 0 Å². The van der Waals surface area contributed by atoms with Gasteiger partial charge in [-0.25, -0.2) is 0 Å². The highest BCUT2D eigenvalue weighted by atomic mass is 16.7. The van der Waals surface area contributed by atoms with Crippen LogP contribution < -0.4 is 9.47 Å². The van der Waals surface area contributed by atoms with Crippen molar-refractivity contribution in [1.82, 2.24) is 4.57 Å². The van der Waals surface area contributed by atoms with Gasteiger partial charge in [-0.15, -0.1) is 6.42 Å². The molecule has 3 aromatic rings.